The van der Waals surface area contributed by atoms with Gasteiger partial charge in [0.1, 0.15) is 0 Å². The first-order chi connectivity index (χ1) is 10.3. The number of unbranched alkanes of at least 4 members (excludes halogenated alkanes) is 1. The van der Waals surface area contributed by atoms with Crippen LogP contribution in [-0.2, 0) is 13.6 Å². The molecule has 0 aromatic rings. The van der Waals surface area contributed by atoms with Crippen molar-refractivity contribution in [3.05, 3.63) is 11.0 Å². The minimum Gasteiger partial charge on any atom is -0.388 e. The molecule has 0 heterocycles. The minimum atomic E-state index is -3.41. The van der Waals surface area contributed by atoms with Crippen LogP contribution in [0.2, 0.25) is 0 Å². The molecule has 0 aliphatic carbocycles. The molecule has 0 aromatic carbocycles. The van der Waals surface area contributed by atoms with Crippen LogP contribution in [0.25, 0.3) is 0 Å². The van der Waals surface area contributed by atoms with Gasteiger partial charge >= 0.3 is 7.60 Å². The van der Waals surface area contributed by atoms with Gasteiger partial charge in [0, 0.05) is 18.7 Å². The monoisotopic (exact) mass is 330 g/mol. The van der Waals surface area contributed by atoms with Gasteiger partial charge in [0.2, 0.25) is 0 Å². The average molecular weight is 330 g/mol. The van der Waals surface area contributed by atoms with Gasteiger partial charge < -0.3 is 14.4 Å². The minimum absolute atomic E-state index is 0.217. The molecule has 0 radical (unpaired) electrons. The summed E-state index contributed by atoms with van der Waals surface area (Å²) in [6.45, 7) is 12.1. The first-order valence-electron chi connectivity index (χ1n) is 8.04. The molecule has 0 amide bonds. The van der Waals surface area contributed by atoms with Crippen molar-refractivity contribution in [2.75, 3.05) is 6.54 Å². The lowest BCUT2D eigenvalue weighted by Gasteiger charge is -2.26. The summed E-state index contributed by atoms with van der Waals surface area (Å²) in [6, 6.07) is 2.10. The second kappa shape index (κ2) is 10.8. The maximum absolute atomic E-state index is 13.3. The Bertz CT molecular complexity index is 425. The fourth-order valence-corrected chi connectivity index (χ4v) is 4.26. The van der Waals surface area contributed by atoms with Crippen LogP contribution in [0.4, 0.5) is 0 Å². The topological polar surface area (TPSA) is 71.4 Å². The Morgan fingerprint density at radius 2 is 1.77 bits per heavy atom. The number of hydrogen-bond acceptors (Lipinski definition) is 5. The Balaban J connectivity index is 5.50. The van der Waals surface area contributed by atoms with Gasteiger partial charge in [0.05, 0.1) is 23.6 Å². The van der Waals surface area contributed by atoms with Crippen LogP contribution in [0.5, 0.6) is 0 Å². The summed E-state index contributed by atoms with van der Waals surface area (Å²) in [4.78, 5) is 0. The third-order valence-corrected chi connectivity index (χ3v) is 5.48. The van der Waals surface area contributed by atoms with Crippen molar-refractivity contribution in [2.24, 2.45) is 0 Å². The molecular formula is C16H31N2O3P. The van der Waals surface area contributed by atoms with E-state index >= 15 is 0 Å². The summed E-state index contributed by atoms with van der Waals surface area (Å²) in [5.74, 6) is 0. The van der Waals surface area contributed by atoms with Gasteiger partial charge in [-0.3, -0.25) is 4.57 Å². The van der Waals surface area contributed by atoms with Crippen molar-refractivity contribution in [1.29, 1.82) is 5.26 Å². The van der Waals surface area contributed by atoms with Crippen LogP contribution in [-0.4, -0.2) is 18.8 Å². The van der Waals surface area contributed by atoms with Crippen LogP contribution in [0.1, 0.15) is 67.2 Å². The third kappa shape index (κ3) is 7.98. The highest BCUT2D eigenvalue weighted by Gasteiger charge is 2.34. The van der Waals surface area contributed by atoms with Crippen LogP contribution in [0.15, 0.2) is 11.0 Å². The number of nitrogens with zero attached hydrogens (tertiary/aromatic N) is 1. The molecule has 0 unspecified atom stereocenters. The van der Waals surface area contributed by atoms with Crippen molar-refractivity contribution in [2.45, 2.75) is 79.4 Å². The average Bonchev–Trinajstić information content (AvgIpc) is 2.37. The zero-order valence-electron chi connectivity index (χ0n) is 14.8. The molecule has 5 nitrogen and oxygen atoms in total. The normalized spacial score (nSPS) is 13.2. The fraction of sp³-hybridized carbons (Fsp3) is 0.812. The van der Waals surface area contributed by atoms with Gasteiger partial charge in [0.25, 0.3) is 0 Å². The summed E-state index contributed by atoms with van der Waals surface area (Å²) in [6.07, 6.45) is 2.35. The Labute approximate surface area is 135 Å². The first-order valence-corrected chi connectivity index (χ1v) is 9.59. The predicted molar refractivity (Wildman–Crippen MR) is 90.5 cm³/mol. The summed E-state index contributed by atoms with van der Waals surface area (Å²) in [5.41, 5.74) is 0.799. The highest BCUT2D eigenvalue weighted by molar-refractivity contribution is 7.58. The van der Waals surface area contributed by atoms with Gasteiger partial charge in [-0.25, -0.2) is 0 Å². The highest BCUT2D eigenvalue weighted by atomic mass is 31.2. The van der Waals surface area contributed by atoms with Crippen LogP contribution in [0.3, 0.4) is 0 Å². The maximum atomic E-state index is 13.3. The lowest BCUT2D eigenvalue weighted by Crippen LogP contribution is -2.17. The quantitative estimate of drug-likeness (QED) is 0.428. The zero-order chi connectivity index (χ0) is 17.2. The van der Waals surface area contributed by atoms with E-state index in [9.17, 15) is 4.57 Å². The van der Waals surface area contributed by atoms with Gasteiger partial charge in [0.15, 0.2) is 0 Å². The molecule has 22 heavy (non-hydrogen) atoms. The van der Waals surface area contributed by atoms with Crippen molar-refractivity contribution < 1.29 is 13.6 Å². The molecule has 0 aliphatic rings. The van der Waals surface area contributed by atoms with Crippen molar-refractivity contribution >= 4 is 7.60 Å². The second-order valence-electron chi connectivity index (χ2n) is 5.82. The number of nitriles is 1. The molecule has 0 spiro atoms. The molecule has 0 aliphatic heterocycles. The molecule has 0 fully saturated rings. The van der Waals surface area contributed by atoms with Crippen LogP contribution < -0.4 is 5.32 Å². The molecule has 0 rings (SSSR count). The van der Waals surface area contributed by atoms with Gasteiger partial charge in [-0.05, 0) is 47.5 Å². The maximum Gasteiger partial charge on any atom is 0.359 e. The van der Waals surface area contributed by atoms with Crippen molar-refractivity contribution in [3.8, 4) is 6.07 Å². The standard InChI is InChI=1S/C16H31N2O3P/c1-7-8-12-18-15(6)16(10-9-11-17)22(19,20-13(2)3)21-14(4)5/h13-14,18H,7-10,12H2,1-6H3/b16-15+. The molecule has 0 aromatic heterocycles. The van der Waals surface area contributed by atoms with Gasteiger partial charge in [-0.1, -0.05) is 13.3 Å². The van der Waals surface area contributed by atoms with Gasteiger partial charge in [-0.15, -0.1) is 0 Å². The highest BCUT2D eigenvalue weighted by Crippen LogP contribution is 2.60. The Morgan fingerprint density at radius 1 is 1.23 bits per heavy atom. The molecule has 1 N–H and O–H groups in total. The molecule has 0 atom stereocenters. The van der Waals surface area contributed by atoms with E-state index in [0.29, 0.717) is 11.7 Å². The molecule has 0 saturated heterocycles. The molecule has 128 valence electrons. The summed E-state index contributed by atoms with van der Waals surface area (Å²) < 4.78 is 24.6. The lowest BCUT2D eigenvalue weighted by molar-refractivity contribution is 0.146. The predicted octanol–water partition coefficient (Wildman–Crippen LogP) is 4.95. The Morgan fingerprint density at radius 3 is 2.18 bits per heavy atom. The second-order valence-corrected chi connectivity index (χ2v) is 7.77. The molecule has 0 saturated carbocycles. The van der Waals surface area contributed by atoms with E-state index < -0.39 is 7.60 Å². The summed E-state index contributed by atoms with van der Waals surface area (Å²) in [7, 11) is -3.41. The fourth-order valence-electron chi connectivity index (χ4n) is 1.97. The van der Waals surface area contributed by atoms with Crippen LogP contribution in [0, 0.1) is 11.3 Å². The van der Waals surface area contributed by atoms with E-state index in [0.717, 1.165) is 25.1 Å². The van der Waals surface area contributed by atoms with E-state index in [2.05, 4.69) is 18.3 Å². The van der Waals surface area contributed by atoms with Crippen molar-refractivity contribution in [3.63, 3.8) is 0 Å². The Kier molecular flexibility index (Phi) is 10.4. The molecular weight excluding hydrogens is 299 g/mol. The molecule has 0 bridgehead atoms. The van der Waals surface area contributed by atoms with E-state index in [4.69, 9.17) is 14.3 Å². The van der Waals surface area contributed by atoms with E-state index in [1.807, 2.05) is 34.6 Å². The summed E-state index contributed by atoms with van der Waals surface area (Å²) in [5, 5.41) is 12.7. The number of rotatable bonds is 11. The number of nitrogens with one attached hydrogen (secondary N) is 1. The van der Waals surface area contributed by atoms with E-state index in [-0.39, 0.29) is 18.6 Å². The first kappa shape index (κ1) is 21.2. The largest absolute Gasteiger partial charge is 0.388 e. The summed E-state index contributed by atoms with van der Waals surface area (Å²) >= 11 is 0. The smallest absolute Gasteiger partial charge is 0.359 e. The SMILES string of the molecule is CCCCN/C(C)=C(\CCC#N)P(=O)(OC(C)C)OC(C)C. The number of hydrogen-bond donors (Lipinski definition) is 1. The lowest BCUT2D eigenvalue weighted by atomic mass is 10.2. The molecule has 6 heteroatoms. The van der Waals surface area contributed by atoms with E-state index in [1.54, 1.807) is 0 Å². The van der Waals surface area contributed by atoms with Crippen LogP contribution >= 0.6 is 7.60 Å². The number of allylic oxidation sites excluding steroid dienone is 2. The Hall–Kier alpha value is -0.820. The van der Waals surface area contributed by atoms with E-state index in [1.165, 1.54) is 0 Å². The third-order valence-electron chi connectivity index (χ3n) is 2.86. The zero-order valence-corrected chi connectivity index (χ0v) is 15.7. The van der Waals surface area contributed by atoms with Gasteiger partial charge in [-0.2, -0.15) is 5.26 Å². The van der Waals surface area contributed by atoms with Crippen molar-refractivity contribution in [1.82, 2.24) is 5.32 Å².